The Kier molecular flexibility index (Phi) is 3.40. The second kappa shape index (κ2) is 5.56. The van der Waals surface area contributed by atoms with Gasteiger partial charge < -0.3 is 0 Å². The Morgan fingerprint density at radius 3 is 2.35 bits per heavy atom. The summed E-state index contributed by atoms with van der Waals surface area (Å²) in [6, 6.07) is 24.5. The summed E-state index contributed by atoms with van der Waals surface area (Å²) < 4.78 is 2.19. The van der Waals surface area contributed by atoms with Crippen LogP contribution in [0.2, 0.25) is 5.02 Å². The smallest absolute Gasteiger partial charge is 0.145 e. The van der Waals surface area contributed by atoms with Gasteiger partial charge in [0.15, 0.2) is 0 Å². The van der Waals surface area contributed by atoms with Crippen LogP contribution in [0.5, 0.6) is 0 Å². The van der Waals surface area contributed by atoms with Crippen LogP contribution in [0.4, 0.5) is 0 Å². The summed E-state index contributed by atoms with van der Waals surface area (Å²) in [5, 5.41) is 0.732. The first-order chi connectivity index (χ1) is 11.2. The standard InChI is InChI=1S/C20H15ClN2/c1-14-7-12-18-19(13-14)23(17-10-8-16(21)9-11-17)20(22-18)15-5-3-2-4-6-15/h2-13H,1H3. The molecule has 4 rings (SSSR count). The van der Waals surface area contributed by atoms with Crippen molar-refractivity contribution in [2.75, 3.05) is 0 Å². The zero-order chi connectivity index (χ0) is 15.8. The molecule has 0 unspecified atom stereocenters. The van der Waals surface area contributed by atoms with Crippen LogP contribution in [0.3, 0.4) is 0 Å². The lowest BCUT2D eigenvalue weighted by molar-refractivity contribution is 1.10. The van der Waals surface area contributed by atoms with Gasteiger partial charge in [-0.05, 0) is 48.9 Å². The average molecular weight is 319 g/mol. The minimum absolute atomic E-state index is 0.732. The number of nitrogens with zero attached hydrogens (tertiary/aromatic N) is 2. The summed E-state index contributed by atoms with van der Waals surface area (Å²) in [6.07, 6.45) is 0. The van der Waals surface area contributed by atoms with Crippen molar-refractivity contribution in [3.05, 3.63) is 83.4 Å². The van der Waals surface area contributed by atoms with E-state index < -0.39 is 0 Å². The minimum atomic E-state index is 0.732. The van der Waals surface area contributed by atoms with Gasteiger partial charge in [0.25, 0.3) is 0 Å². The zero-order valence-electron chi connectivity index (χ0n) is 12.7. The molecule has 0 aliphatic rings. The third-order valence-electron chi connectivity index (χ3n) is 3.93. The highest BCUT2D eigenvalue weighted by atomic mass is 35.5. The lowest BCUT2D eigenvalue weighted by Crippen LogP contribution is -1.97. The molecule has 0 radical (unpaired) electrons. The number of hydrogen-bond acceptors (Lipinski definition) is 1. The third kappa shape index (κ3) is 2.51. The van der Waals surface area contributed by atoms with Gasteiger partial charge in [-0.2, -0.15) is 0 Å². The van der Waals surface area contributed by atoms with Crippen molar-refractivity contribution in [2.24, 2.45) is 0 Å². The minimum Gasteiger partial charge on any atom is -0.292 e. The summed E-state index contributed by atoms with van der Waals surface area (Å²) >= 11 is 6.05. The van der Waals surface area contributed by atoms with Crippen LogP contribution in [0.25, 0.3) is 28.1 Å². The summed E-state index contributed by atoms with van der Waals surface area (Å²) in [5.74, 6) is 0.938. The first-order valence-corrected chi connectivity index (χ1v) is 7.91. The number of rotatable bonds is 2. The Morgan fingerprint density at radius 1 is 0.870 bits per heavy atom. The Morgan fingerprint density at radius 2 is 1.61 bits per heavy atom. The van der Waals surface area contributed by atoms with Gasteiger partial charge in [0.05, 0.1) is 11.0 Å². The SMILES string of the molecule is Cc1ccc2nc(-c3ccccc3)n(-c3ccc(Cl)cc3)c2c1. The molecule has 0 aliphatic heterocycles. The zero-order valence-corrected chi connectivity index (χ0v) is 13.5. The van der Waals surface area contributed by atoms with E-state index in [4.69, 9.17) is 16.6 Å². The Hall–Kier alpha value is -2.58. The van der Waals surface area contributed by atoms with E-state index in [1.165, 1.54) is 5.56 Å². The van der Waals surface area contributed by atoms with Crippen LogP contribution in [0, 0.1) is 6.92 Å². The van der Waals surface area contributed by atoms with E-state index in [2.05, 4.69) is 41.8 Å². The Balaban J connectivity index is 2.06. The van der Waals surface area contributed by atoms with E-state index in [-0.39, 0.29) is 0 Å². The lowest BCUT2D eigenvalue weighted by atomic mass is 10.2. The molecule has 0 amide bonds. The molecule has 3 heteroatoms. The van der Waals surface area contributed by atoms with E-state index in [1.807, 2.05) is 42.5 Å². The maximum absolute atomic E-state index is 6.05. The topological polar surface area (TPSA) is 17.8 Å². The van der Waals surface area contributed by atoms with E-state index in [1.54, 1.807) is 0 Å². The maximum Gasteiger partial charge on any atom is 0.145 e. The summed E-state index contributed by atoms with van der Waals surface area (Å²) in [7, 11) is 0. The van der Waals surface area contributed by atoms with E-state index in [0.717, 1.165) is 33.1 Å². The van der Waals surface area contributed by atoms with Crippen LogP contribution in [0.1, 0.15) is 5.56 Å². The van der Waals surface area contributed by atoms with Crippen LogP contribution in [-0.4, -0.2) is 9.55 Å². The van der Waals surface area contributed by atoms with Crippen molar-refractivity contribution in [3.63, 3.8) is 0 Å². The van der Waals surface area contributed by atoms with Crippen molar-refractivity contribution >= 4 is 22.6 Å². The van der Waals surface area contributed by atoms with Crippen molar-refractivity contribution in [2.45, 2.75) is 6.92 Å². The van der Waals surface area contributed by atoms with Crippen molar-refractivity contribution in [3.8, 4) is 17.1 Å². The molecule has 0 atom stereocenters. The molecule has 3 aromatic carbocycles. The first-order valence-electron chi connectivity index (χ1n) is 7.53. The largest absolute Gasteiger partial charge is 0.292 e. The molecule has 1 heterocycles. The Bertz CT molecular complexity index is 970. The summed E-state index contributed by atoms with van der Waals surface area (Å²) in [4.78, 5) is 4.85. The van der Waals surface area contributed by atoms with Gasteiger partial charge in [0.2, 0.25) is 0 Å². The molecule has 0 saturated heterocycles. The number of halogens is 1. The number of fused-ring (bicyclic) bond motifs is 1. The Labute approximate surface area is 140 Å². The summed E-state index contributed by atoms with van der Waals surface area (Å²) in [5.41, 5.74) is 5.46. The molecule has 0 spiro atoms. The average Bonchev–Trinajstić information content (AvgIpc) is 2.95. The van der Waals surface area contributed by atoms with Gasteiger partial charge in [0, 0.05) is 16.3 Å². The molecule has 0 aliphatic carbocycles. The van der Waals surface area contributed by atoms with Crippen LogP contribution in [0.15, 0.2) is 72.8 Å². The molecule has 1 aromatic heterocycles. The van der Waals surface area contributed by atoms with E-state index in [0.29, 0.717) is 0 Å². The van der Waals surface area contributed by atoms with Crippen LogP contribution >= 0.6 is 11.6 Å². The van der Waals surface area contributed by atoms with Crippen molar-refractivity contribution in [1.29, 1.82) is 0 Å². The van der Waals surface area contributed by atoms with Crippen molar-refractivity contribution in [1.82, 2.24) is 9.55 Å². The fourth-order valence-electron chi connectivity index (χ4n) is 2.82. The molecule has 0 bridgehead atoms. The molecule has 0 saturated carbocycles. The van der Waals surface area contributed by atoms with Gasteiger partial charge in [-0.1, -0.05) is 48.0 Å². The number of aryl methyl sites for hydroxylation is 1. The predicted molar refractivity (Wildman–Crippen MR) is 96.3 cm³/mol. The molecule has 23 heavy (non-hydrogen) atoms. The monoisotopic (exact) mass is 318 g/mol. The van der Waals surface area contributed by atoms with Crippen LogP contribution < -0.4 is 0 Å². The summed E-state index contributed by atoms with van der Waals surface area (Å²) in [6.45, 7) is 2.10. The molecule has 0 fully saturated rings. The number of benzene rings is 3. The van der Waals surface area contributed by atoms with Crippen LogP contribution in [-0.2, 0) is 0 Å². The van der Waals surface area contributed by atoms with Gasteiger partial charge >= 0.3 is 0 Å². The van der Waals surface area contributed by atoms with Gasteiger partial charge in [-0.15, -0.1) is 0 Å². The van der Waals surface area contributed by atoms with Crippen molar-refractivity contribution < 1.29 is 0 Å². The highest BCUT2D eigenvalue weighted by molar-refractivity contribution is 6.30. The fraction of sp³-hybridized carbons (Fsp3) is 0.0500. The third-order valence-corrected chi connectivity index (χ3v) is 4.18. The van der Waals surface area contributed by atoms with Gasteiger partial charge in [0.1, 0.15) is 5.82 Å². The maximum atomic E-state index is 6.05. The number of hydrogen-bond donors (Lipinski definition) is 0. The lowest BCUT2D eigenvalue weighted by Gasteiger charge is -2.10. The first kappa shape index (κ1) is 14.0. The second-order valence-electron chi connectivity index (χ2n) is 5.61. The fourth-order valence-corrected chi connectivity index (χ4v) is 2.94. The van der Waals surface area contributed by atoms with E-state index >= 15 is 0 Å². The van der Waals surface area contributed by atoms with Gasteiger partial charge in [-0.25, -0.2) is 4.98 Å². The second-order valence-corrected chi connectivity index (χ2v) is 6.04. The van der Waals surface area contributed by atoms with Gasteiger partial charge in [-0.3, -0.25) is 4.57 Å². The molecule has 0 N–H and O–H groups in total. The number of aromatic nitrogens is 2. The number of imidazole rings is 1. The molecule has 4 aromatic rings. The normalized spacial score (nSPS) is 11.0. The van der Waals surface area contributed by atoms with E-state index in [9.17, 15) is 0 Å². The molecule has 2 nitrogen and oxygen atoms in total. The predicted octanol–water partition coefficient (Wildman–Crippen LogP) is 5.65. The highest BCUT2D eigenvalue weighted by Crippen LogP contribution is 2.29. The highest BCUT2D eigenvalue weighted by Gasteiger charge is 2.14. The molecular weight excluding hydrogens is 304 g/mol. The molecular formula is C20H15ClN2. The molecule has 112 valence electrons. The quantitative estimate of drug-likeness (QED) is 0.466.